The van der Waals surface area contributed by atoms with Gasteiger partial charge in [-0.25, -0.2) is 15.0 Å². The molecule has 1 fully saturated rings. The number of methoxy groups -OCH3 is 1. The number of aromatic nitrogens is 5. The van der Waals surface area contributed by atoms with E-state index in [-0.39, 0.29) is 0 Å². The zero-order valence-electron chi connectivity index (χ0n) is 17.3. The number of rotatable bonds is 7. The van der Waals surface area contributed by atoms with Crippen LogP contribution in [-0.2, 0) is 9.47 Å². The van der Waals surface area contributed by atoms with E-state index in [0.717, 1.165) is 54.2 Å². The summed E-state index contributed by atoms with van der Waals surface area (Å²) in [5.74, 6) is 0.761. The summed E-state index contributed by atoms with van der Waals surface area (Å²) in [6, 6.07) is 2.40. The topological polar surface area (TPSA) is 78.2 Å². The third kappa shape index (κ3) is 4.38. The van der Waals surface area contributed by atoms with Gasteiger partial charge in [0.05, 0.1) is 43.1 Å². The molecule has 29 heavy (non-hydrogen) atoms. The average molecular weight is 396 g/mol. The molecule has 0 bridgehead atoms. The van der Waals surface area contributed by atoms with E-state index in [0.29, 0.717) is 25.4 Å². The van der Waals surface area contributed by atoms with Crippen LogP contribution in [0, 0.1) is 0 Å². The molecule has 1 aliphatic heterocycles. The lowest BCUT2D eigenvalue weighted by atomic mass is 10.1. The van der Waals surface area contributed by atoms with E-state index in [1.54, 1.807) is 7.11 Å². The van der Waals surface area contributed by atoms with Crippen LogP contribution in [0.3, 0.4) is 0 Å². The van der Waals surface area contributed by atoms with E-state index in [2.05, 4.69) is 49.3 Å². The van der Waals surface area contributed by atoms with Crippen LogP contribution in [0.4, 0.5) is 5.95 Å². The van der Waals surface area contributed by atoms with Gasteiger partial charge in [-0.2, -0.15) is 0 Å². The molecule has 8 heteroatoms. The second kappa shape index (κ2) is 8.84. The summed E-state index contributed by atoms with van der Waals surface area (Å²) in [5, 5.41) is 0. The van der Waals surface area contributed by atoms with E-state index in [9.17, 15) is 0 Å². The van der Waals surface area contributed by atoms with Gasteiger partial charge in [0, 0.05) is 44.2 Å². The summed E-state index contributed by atoms with van der Waals surface area (Å²) in [6.45, 7) is 7.38. The summed E-state index contributed by atoms with van der Waals surface area (Å²) in [7, 11) is 1.69. The van der Waals surface area contributed by atoms with Crippen molar-refractivity contribution in [2.24, 2.45) is 0 Å². The summed E-state index contributed by atoms with van der Waals surface area (Å²) in [4.78, 5) is 20.4. The Hall–Kier alpha value is -2.58. The minimum atomic E-state index is 0.294. The van der Waals surface area contributed by atoms with Gasteiger partial charge in [-0.05, 0) is 32.8 Å². The van der Waals surface area contributed by atoms with Crippen molar-refractivity contribution in [3.63, 3.8) is 0 Å². The molecule has 0 aliphatic carbocycles. The zero-order chi connectivity index (χ0) is 20.2. The molecule has 4 heterocycles. The van der Waals surface area contributed by atoms with Gasteiger partial charge in [-0.1, -0.05) is 0 Å². The van der Waals surface area contributed by atoms with Crippen LogP contribution in [0.5, 0.6) is 0 Å². The van der Waals surface area contributed by atoms with Crippen molar-refractivity contribution >= 4 is 17.0 Å². The standard InChI is InChI=1S/C21H28N6O2/c1-15(2)27-14-25-19-13-22-18(10-20(19)27)16-11-23-21(24-12-16)26-6-4-17(5-7-26)29-9-8-28-3/h10-15,17H,4-9H2,1-3H3. The lowest BCUT2D eigenvalue weighted by Crippen LogP contribution is -2.38. The van der Waals surface area contributed by atoms with Gasteiger partial charge in [-0.15, -0.1) is 0 Å². The highest BCUT2D eigenvalue weighted by Crippen LogP contribution is 2.24. The van der Waals surface area contributed by atoms with Crippen LogP contribution in [0.1, 0.15) is 32.7 Å². The molecule has 0 saturated carbocycles. The van der Waals surface area contributed by atoms with E-state index in [1.807, 2.05) is 24.9 Å². The van der Waals surface area contributed by atoms with Gasteiger partial charge in [0.1, 0.15) is 5.52 Å². The van der Waals surface area contributed by atoms with E-state index in [4.69, 9.17) is 9.47 Å². The van der Waals surface area contributed by atoms with Crippen molar-refractivity contribution in [3.8, 4) is 11.3 Å². The van der Waals surface area contributed by atoms with Gasteiger partial charge >= 0.3 is 0 Å². The van der Waals surface area contributed by atoms with Gasteiger partial charge in [0.15, 0.2) is 0 Å². The number of hydrogen-bond donors (Lipinski definition) is 0. The Morgan fingerprint density at radius 1 is 1.03 bits per heavy atom. The first-order chi connectivity index (χ1) is 14.2. The molecular formula is C21H28N6O2. The third-order valence-corrected chi connectivity index (χ3v) is 5.32. The highest BCUT2D eigenvalue weighted by Gasteiger charge is 2.21. The van der Waals surface area contributed by atoms with Crippen LogP contribution in [0.25, 0.3) is 22.3 Å². The van der Waals surface area contributed by atoms with Gasteiger partial charge < -0.3 is 18.9 Å². The van der Waals surface area contributed by atoms with Crippen LogP contribution in [0.2, 0.25) is 0 Å². The number of piperidine rings is 1. The summed E-state index contributed by atoms with van der Waals surface area (Å²) >= 11 is 0. The number of pyridine rings is 1. The van der Waals surface area contributed by atoms with Gasteiger partial charge in [0.2, 0.25) is 5.95 Å². The molecule has 1 aliphatic rings. The van der Waals surface area contributed by atoms with Crippen molar-refractivity contribution in [1.29, 1.82) is 0 Å². The molecule has 4 rings (SSSR count). The fourth-order valence-corrected chi connectivity index (χ4v) is 3.64. The average Bonchev–Trinajstić information content (AvgIpc) is 3.18. The van der Waals surface area contributed by atoms with Crippen LogP contribution in [-0.4, -0.2) is 64.0 Å². The monoisotopic (exact) mass is 396 g/mol. The molecule has 0 spiro atoms. The van der Waals surface area contributed by atoms with Crippen molar-refractivity contribution in [2.75, 3.05) is 38.3 Å². The summed E-state index contributed by atoms with van der Waals surface area (Å²) < 4.78 is 13.0. The number of ether oxygens (including phenoxy) is 2. The number of hydrogen-bond acceptors (Lipinski definition) is 7. The van der Waals surface area contributed by atoms with Gasteiger partial charge in [-0.3, -0.25) is 4.98 Å². The minimum absolute atomic E-state index is 0.294. The van der Waals surface area contributed by atoms with E-state index in [1.165, 1.54) is 0 Å². The maximum Gasteiger partial charge on any atom is 0.225 e. The maximum atomic E-state index is 5.83. The van der Waals surface area contributed by atoms with Crippen LogP contribution in [0.15, 0.2) is 31.0 Å². The Morgan fingerprint density at radius 2 is 1.79 bits per heavy atom. The second-order valence-corrected chi connectivity index (χ2v) is 7.63. The lowest BCUT2D eigenvalue weighted by Gasteiger charge is -2.31. The summed E-state index contributed by atoms with van der Waals surface area (Å²) in [6.07, 6.45) is 9.64. The highest BCUT2D eigenvalue weighted by molar-refractivity contribution is 5.79. The first kappa shape index (κ1) is 19.7. The van der Waals surface area contributed by atoms with E-state index >= 15 is 0 Å². The Kier molecular flexibility index (Phi) is 6.01. The molecule has 0 radical (unpaired) electrons. The number of imidazole rings is 1. The molecule has 0 unspecified atom stereocenters. The Morgan fingerprint density at radius 3 is 2.48 bits per heavy atom. The first-order valence-electron chi connectivity index (χ1n) is 10.2. The molecule has 8 nitrogen and oxygen atoms in total. The minimum Gasteiger partial charge on any atom is -0.382 e. The zero-order valence-corrected chi connectivity index (χ0v) is 17.3. The molecule has 0 atom stereocenters. The first-order valence-corrected chi connectivity index (χ1v) is 10.2. The van der Waals surface area contributed by atoms with Crippen molar-refractivity contribution < 1.29 is 9.47 Å². The quantitative estimate of drug-likeness (QED) is 0.568. The molecule has 154 valence electrons. The number of anilines is 1. The molecule has 0 aromatic carbocycles. The van der Waals surface area contributed by atoms with E-state index < -0.39 is 0 Å². The summed E-state index contributed by atoms with van der Waals surface area (Å²) in [5.41, 5.74) is 3.74. The SMILES string of the molecule is COCCOC1CCN(c2ncc(-c3cc4c(cn3)ncn4C(C)C)cn2)CC1. The fourth-order valence-electron chi connectivity index (χ4n) is 3.64. The van der Waals surface area contributed by atoms with Crippen LogP contribution < -0.4 is 4.90 Å². The van der Waals surface area contributed by atoms with Crippen molar-refractivity contribution in [3.05, 3.63) is 31.0 Å². The predicted octanol–water partition coefficient (Wildman–Crippen LogP) is 3.10. The van der Waals surface area contributed by atoms with Crippen molar-refractivity contribution in [2.45, 2.75) is 38.8 Å². The molecule has 1 saturated heterocycles. The molecule has 3 aromatic rings. The highest BCUT2D eigenvalue weighted by atomic mass is 16.5. The second-order valence-electron chi connectivity index (χ2n) is 7.63. The number of nitrogens with zero attached hydrogens (tertiary/aromatic N) is 6. The molecule has 0 N–H and O–H groups in total. The Labute approximate surface area is 170 Å². The van der Waals surface area contributed by atoms with Crippen molar-refractivity contribution in [1.82, 2.24) is 24.5 Å². The normalized spacial score (nSPS) is 15.5. The smallest absolute Gasteiger partial charge is 0.225 e. The van der Waals surface area contributed by atoms with Crippen LogP contribution >= 0.6 is 0 Å². The lowest BCUT2D eigenvalue weighted by molar-refractivity contribution is 0.00598. The molecular weight excluding hydrogens is 368 g/mol. The number of fused-ring (bicyclic) bond motifs is 1. The third-order valence-electron chi connectivity index (χ3n) is 5.32. The predicted molar refractivity (Wildman–Crippen MR) is 112 cm³/mol. The fraction of sp³-hybridized carbons (Fsp3) is 0.524. The maximum absolute atomic E-state index is 5.83. The Balaban J connectivity index is 1.43. The largest absolute Gasteiger partial charge is 0.382 e. The van der Waals surface area contributed by atoms with Gasteiger partial charge in [0.25, 0.3) is 0 Å². The Bertz CT molecular complexity index is 932. The molecule has 0 amide bonds. The molecule has 3 aromatic heterocycles.